The second-order valence-electron chi connectivity index (χ2n) is 3.43. The number of aromatic nitrogens is 1. The minimum atomic E-state index is -0.228. The average molecular weight is 208 g/mol. The van der Waals surface area contributed by atoms with E-state index in [0.29, 0.717) is 12.1 Å². The SMILES string of the molecule is CCC(CO)NC(=O)c1ncccc1C. The van der Waals surface area contributed by atoms with Crippen LogP contribution in [0.5, 0.6) is 0 Å². The summed E-state index contributed by atoms with van der Waals surface area (Å²) in [6.45, 7) is 3.70. The van der Waals surface area contributed by atoms with Gasteiger partial charge in [0.1, 0.15) is 5.69 Å². The summed E-state index contributed by atoms with van der Waals surface area (Å²) < 4.78 is 0. The maximum absolute atomic E-state index is 11.7. The van der Waals surface area contributed by atoms with Gasteiger partial charge in [0.2, 0.25) is 0 Å². The van der Waals surface area contributed by atoms with Gasteiger partial charge in [-0.15, -0.1) is 0 Å². The van der Waals surface area contributed by atoms with E-state index in [4.69, 9.17) is 5.11 Å². The first-order valence-electron chi connectivity index (χ1n) is 5.02. The van der Waals surface area contributed by atoms with Crippen LogP contribution in [0.3, 0.4) is 0 Å². The van der Waals surface area contributed by atoms with Gasteiger partial charge < -0.3 is 10.4 Å². The van der Waals surface area contributed by atoms with Crippen LogP contribution in [0.1, 0.15) is 29.4 Å². The molecule has 1 aromatic rings. The summed E-state index contributed by atoms with van der Waals surface area (Å²) in [5.74, 6) is -0.228. The number of carbonyl (C=O) groups is 1. The molecule has 82 valence electrons. The van der Waals surface area contributed by atoms with Crippen LogP contribution >= 0.6 is 0 Å². The normalized spacial score (nSPS) is 12.2. The van der Waals surface area contributed by atoms with Crippen LogP contribution in [0.25, 0.3) is 0 Å². The zero-order chi connectivity index (χ0) is 11.3. The van der Waals surface area contributed by atoms with Gasteiger partial charge in [-0.05, 0) is 25.0 Å². The minimum Gasteiger partial charge on any atom is -0.394 e. The lowest BCUT2D eigenvalue weighted by Gasteiger charge is -2.14. The van der Waals surface area contributed by atoms with E-state index in [1.165, 1.54) is 0 Å². The van der Waals surface area contributed by atoms with E-state index in [-0.39, 0.29) is 18.6 Å². The third-order valence-corrected chi connectivity index (χ3v) is 2.27. The van der Waals surface area contributed by atoms with Crippen molar-refractivity contribution in [1.82, 2.24) is 10.3 Å². The standard InChI is InChI=1S/C11H16N2O2/c1-3-9(7-14)13-11(15)10-8(2)5-4-6-12-10/h4-6,9,14H,3,7H2,1-2H3,(H,13,15). The molecule has 0 saturated heterocycles. The molecule has 0 aliphatic heterocycles. The van der Waals surface area contributed by atoms with Crippen molar-refractivity contribution >= 4 is 5.91 Å². The number of carbonyl (C=O) groups excluding carboxylic acids is 1. The number of amides is 1. The van der Waals surface area contributed by atoms with Crippen molar-refractivity contribution in [2.45, 2.75) is 26.3 Å². The van der Waals surface area contributed by atoms with Crippen molar-refractivity contribution in [2.75, 3.05) is 6.61 Å². The molecular weight excluding hydrogens is 192 g/mol. The van der Waals surface area contributed by atoms with E-state index in [1.54, 1.807) is 12.3 Å². The van der Waals surface area contributed by atoms with E-state index >= 15 is 0 Å². The van der Waals surface area contributed by atoms with E-state index in [0.717, 1.165) is 5.56 Å². The first-order chi connectivity index (χ1) is 7.19. The fourth-order valence-corrected chi connectivity index (χ4v) is 1.25. The average Bonchev–Trinajstić information content (AvgIpc) is 2.26. The van der Waals surface area contributed by atoms with Crippen molar-refractivity contribution < 1.29 is 9.90 Å². The summed E-state index contributed by atoms with van der Waals surface area (Å²) in [5.41, 5.74) is 1.26. The summed E-state index contributed by atoms with van der Waals surface area (Å²) >= 11 is 0. The number of hydrogen-bond donors (Lipinski definition) is 2. The number of nitrogens with zero attached hydrogens (tertiary/aromatic N) is 1. The molecule has 0 bridgehead atoms. The number of pyridine rings is 1. The van der Waals surface area contributed by atoms with Crippen molar-refractivity contribution in [3.05, 3.63) is 29.6 Å². The summed E-state index contributed by atoms with van der Waals surface area (Å²) in [5, 5.41) is 11.7. The first-order valence-corrected chi connectivity index (χ1v) is 5.02. The van der Waals surface area contributed by atoms with Gasteiger partial charge in [0, 0.05) is 6.20 Å². The van der Waals surface area contributed by atoms with Crippen molar-refractivity contribution in [1.29, 1.82) is 0 Å². The molecule has 0 fully saturated rings. The fraction of sp³-hybridized carbons (Fsp3) is 0.455. The third kappa shape index (κ3) is 3.02. The molecule has 1 heterocycles. The van der Waals surface area contributed by atoms with Crippen LogP contribution in [0, 0.1) is 6.92 Å². The van der Waals surface area contributed by atoms with Crippen LogP contribution in [-0.2, 0) is 0 Å². The zero-order valence-corrected chi connectivity index (χ0v) is 9.03. The Labute approximate surface area is 89.3 Å². The topological polar surface area (TPSA) is 62.2 Å². The number of aryl methyl sites for hydroxylation is 1. The monoisotopic (exact) mass is 208 g/mol. The molecule has 0 aromatic carbocycles. The van der Waals surface area contributed by atoms with Gasteiger partial charge >= 0.3 is 0 Å². The molecule has 1 rings (SSSR count). The second kappa shape index (κ2) is 5.46. The van der Waals surface area contributed by atoms with Crippen LogP contribution in [-0.4, -0.2) is 28.6 Å². The molecule has 0 radical (unpaired) electrons. The van der Waals surface area contributed by atoms with Gasteiger partial charge in [-0.3, -0.25) is 9.78 Å². The summed E-state index contributed by atoms with van der Waals surface area (Å²) in [7, 11) is 0. The molecule has 1 amide bonds. The molecule has 0 saturated carbocycles. The summed E-state index contributed by atoms with van der Waals surface area (Å²) in [4.78, 5) is 15.7. The minimum absolute atomic E-state index is 0.0475. The highest BCUT2D eigenvalue weighted by Gasteiger charge is 2.13. The highest BCUT2D eigenvalue weighted by Crippen LogP contribution is 2.03. The summed E-state index contributed by atoms with van der Waals surface area (Å²) in [6, 6.07) is 3.43. The highest BCUT2D eigenvalue weighted by atomic mass is 16.3. The lowest BCUT2D eigenvalue weighted by Crippen LogP contribution is -2.37. The number of nitrogens with one attached hydrogen (secondary N) is 1. The fourth-order valence-electron chi connectivity index (χ4n) is 1.25. The van der Waals surface area contributed by atoms with E-state index in [1.807, 2.05) is 19.9 Å². The Hall–Kier alpha value is -1.42. The molecule has 0 spiro atoms. The predicted molar refractivity (Wildman–Crippen MR) is 57.6 cm³/mol. The van der Waals surface area contributed by atoms with Gasteiger partial charge in [0.15, 0.2) is 0 Å². The van der Waals surface area contributed by atoms with Crippen LogP contribution < -0.4 is 5.32 Å². The maximum atomic E-state index is 11.7. The van der Waals surface area contributed by atoms with Gasteiger partial charge in [-0.1, -0.05) is 13.0 Å². The number of aliphatic hydroxyl groups excluding tert-OH is 1. The molecule has 1 aromatic heterocycles. The zero-order valence-electron chi connectivity index (χ0n) is 9.03. The Bertz CT molecular complexity index is 335. The highest BCUT2D eigenvalue weighted by molar-refractivity contribution is 5.93. The number of hydrogen-bond acceptors (Lipinski definition) is 3. The smallest absolute Gasteiger partial charge is 0.270 e. The first kappa shape index (κ1) is 11.7. The van der Waals surface area contributed by atoms with Crippen molar-refractivity contribution in [3.63, 3.8) is 0 Å². The number of rotatable bonds is 4. The molecule has 2 N–H and O–H groups in total. The van der Waals surface area contributed by atoms with Crippen LogP contribution in [0.15, 0.2) is 18.3 Å². The molecule has 0 aliphatic rings. The van der Waals surface area contributed by atoms with E-state index < -0.39 is 0 Å². The quantitative estimate of drug-likeness (QED) is 0.772. The Morgan fingerprint density at radius 1 is 1.67 bits per heavy atom. The van der Waals surface area contributed by atoms with Gasteiger partial charge in [0.25, 0.3) is 5.91 Å². The van der Waals surface area contributed by atoms with E-state index in [2.05, 4.69) is 10.3 Å². The largest absolute Gasteiger partial charge is 0.394 e. The van der Waals surface area contributed by atoms with Gasteiger partial charge in [-0.2, -0.15) is 0 Å². The third-order valence-electron chi connectivity index (χ3n) is 2.27. The predicted octanol–water partition coefficient (Wildman–Crippen LogP) is 0.891. The molecule has 1 unspecified atom stereocenters. The second-order valence-corrected chi connectivity index (χ2v) is 3.43. The lowest BCUT2D eigenvalue weighted by atomic mass is 10.2. The van der Waals surface area contributed by atoms with Gasteiger partial charge in [-0.25, -0.2) is 0 Å². The van der Waals surface area contributed by atoms with Crippen molar-refractivity contribution in [3.8, 4) is 0 Å². The molecule has 4 heteroatoms. The van der Waals surface area contributed by atoms with Crippen molar-refractivity contribution in [2.24, 2.45) is 0 Å². The maximum Gasteiger partial charge on any atom is 0.270 e. The molecule has 15 heavy (non-hydrogen) atoms. The molecule has 1 atom stereocenters. The summed E-state index contributed by atoms with van der Waals surface area (Å²) in [6.07, 6.45) is 2.29. The lowest BCUT2D eigenvalue weighted by molar-refractivity contribution is 0.0909. The Morgan fingerprint density at radius 3 is 2.93 bits per heavy atom. The van der Waals surface area contributed by atoms with Gasteiger partial charge in [0.05, 0.1) is 12.6 Å². The number of aliphatic hydroxyl groups is 1. The Morgan fingerprint density at radius 2 is 2.40 bits per heavy atom. The van der Waals surface area contributed by atoms with Crippen LogP contribution in [0.2, 0.25) is 0 Å². The molecular formula is C11H16N2O2. The molecule has 4 nitrogen and oxygen atoms in total. The van der Waals surface area contributed by atoms with E-state index in [9.17, 15) is 4.79 Å². The van der Waals surface area contributed by atoms with Crippen LogP contribution in [0.4, 0.5) is 0 Å². The molecule has 0 aliphatic carbocycles. The Balaban J connectivity index is 2.73. The Kier molecular flexibility index (Phi) is 4.24.